The molecule has 0 aliphatic carbocycles. The first-order valence-corrected chi connectivity index (χ1v) is 6.07. The van der Waals surface area contributed by atoms with Gasteiger partial charge >= 0.3 is 12.1 Å². The van der Waals surface area contributed by atoms with Gasteiger partial charge in [0.05, 0.1) is 6.54 Å². The van der Waals surface area contributed by atoms with Gasteiger partial charge in [0.2, 0.25) is 0 Å². The number of alkyl halides is 3. The van der Waals surface area contributed by atoms with Crippen LogP contribution in [0.4, 0.5) is 17.6 Å². The highest BCUT2D eigenvalue weighted by molar-refractivity contribution is 5.81. The molecule has 0 rings (SSSR count). The van der Waals surface area contributed by atoms with Gasteiger partial charge < -0.3 is 5.32 Å². The molecule has 106 valence electrons. The van der Waals surface area contributed by atoms with Crippen molar-refractivity contribution in [3.63, 3.8) is 0 Å². The van der Waals surface area contributed by atoms with E-state index in [2.05, 4.69) is 6.92 Å². The van der Waals surface area contributed by atoms with Gasteiger partial charge in [0.25, 0.3) is 0 Å². The predicted molar refractivity (Wildman–Crippen MR) is 61.6 cm³/mol. The van der Waals surface area contributed by atoms with Crippen molar-refractivity contribution in [1.29, 1.82) is 0 Å². The second kappa shape index (κ2) is 8.94. The minimum absolute atomic E-state index is 0.484. The molecule has 2 nitrogen and oxygen atoms in total. The van der Waals surface area contributed by atoms with Crippen molar-refractivity contribution in [2.75, 3.05) is 6.54 Å². The summed E-state index contributed by atoms with van der Waals surface area (Å²) < 4.78 is 48.3. The van der Waals surface area contributed by atoms with Crippen LogP contribution < -0.4 is 5.32 Å². The summed E-state index contributed by atoms with van der Waals surface area (Å²) in [7, 11) is 0. The van der Waals surface area contributed by atoms with Crippen molar-refractivity contribution in [3.05, 3.63) is 11.9 Å². The third-order valence-electron chi connectivity index (χ3n) is 2.35. The van der Waals surface area contributed by atoms with Gasteiger partial charge in [0, 0.05) is 0 Å². The van der Waals surface area contributed by atoms with Gasteiger partial charge in [0.1, 0.15) is 5.83 Å². The number of hydrogen-bond acceptors (Lipinski definition) is 1. The summed E-state index contributed by atoms with van der Waals surface area (Å²) in [4.78, 5) is 10.4. The van der Waals surface area contributed by atoms with Crippen LogP contribution in [0.25, 0.3) is 0 Å². The lowest BCUT2D eigenvalue weighted by Crippen LogP contribution is -2.37. The first-order chi connectivity index (χ1) is 8.38. The van der Waals surface area contributed by atoms with E-state index < -0.39 is 24.5 Å². The number of amides is 1. The van der Waals surface area contributed by atoms with Gasteiger partial charge in [-0.25, -0.2) is 4.39 Å². The highest BCUT2D eigenvalue weighted by Crippen LogP contribution is 2.14. The summed E-state index contributed by atoms with van der Waals surface area (Å²) >= 11 is 0. The maximum atomic E-state index is 13.0. The molecule has 0 heterocycles. The van der Waals surface area contributed by atoms with E-state index in [4.69, 9.17) is 0 Å². The topological polar surface area (TPSA) is 29.1 Å². The van der Waals surface area contributed by atoms with Crippen LogP contribution in [0.2, 0.25) is 0 Å². The standard InChI is InChI=1S/C12H19F4NO/c1-2-3-4-5-6-7-8-10(13)9-17-11(18)12(14,15)16/h8H,2-7,9H2,1H3,(H,17,18)/b10-8-. The summed E-state index contributed by atoms with van der Waals surface area (Å²) in [5, 5.41) is 1.48. The zero-order chi connectivity index (χ0) is 14.0. The summed E-state index contributed by atoms with van der Waals surface area (Å²) in [5.41, 5.74) is 0. The van der Waals surface area contributed by atoms with Gasteiger partial charge in [-0.2, -0.15) is 13.2 Å². The largest absolute Gasteiger partial charge is 0.471 e. The highest BCUT2D eigenvalue weighted by atomic mass is 19.4. The monoisotopic (exact) mass is 269 g/mol. The molecule has 1 amide bonds. The van der Waals surface area contributed by atoms with E-state index >= 15 is 0 Å². The summed E-state index contributed by atoms with van der Waals surface area (Å²) in [6.45, 7) is 1.39. The van der Waals surface area contributed by atoms with Crippen molar-refractivity contribution < 1.29 is 22.4 Å². The van der Waals surface area contributed by atoms with Gasteiger partial charge in [-0.05, 0) is 12.8 Å². The van der Waals surface area contributed by atoms with E-state index in [-0.39, 0.29) is 0 Å². The van der Waals surface area contributed by atoms with E-state index in [0.29, 0.717) is 6.42 Å². The van der Waals surface area contributed by atoms with Crippen LogP contribution in [0.15, 0.2) is 11.9 Å². The number of unbranched alkanes of at least 4 members (excludes halogenated alkanes) is 5. The summed E-state index contributed by atoms with van der Waals surface area (Å²) in [6, 6.07) is 0. The quantitative estimate of drug-likeness (QED) is 0.526. The molecule has 0 spiro atoms. The number of hydrogen-bond donors (Lipinski definition) is 1. The van der Waals surface area contributed by atoms with Crippen LogP contribution in [0, 0.1) is 0 Å². The third kappa shape index (κ3) is 9.01. The minimum Gasteiger partial charge on any atom is -0.342 e. The molecule has 0 bridgehead atoms. The number of allylic oxidation sites excluding steroid dienone is 1. The number of rotatable bonds is 8. The van der Waals surface area contributed by atoms with Gasteiger partial charge in [-0.15, -0.1) is 0 Å². The fourth-order valence-corrected chi connectivity index (χ4v) is 1.34. The normalized spacial score (nSPS) is 12.6. The fraction of sp³-hybridized carbons (Fsp3) is 0.750. The average molecular weight is 269 g/mol. The van der Waals surface area contributed by atoms with Gasteiger partial charge in [-0.1, -0.05) is 38.7 Å². The molecule has 0 aliphatic heterocycles. The molecule has 0 unspecified atom stereocenters. The molecular weight excluding hydrogens is 250 g/mol. The van der Waals surface area contributed by atoms with Crippen LogP contribution >= 0.6 is 0 Å². The lowest BCUT2D eigenvalue weighted by Gasteiger charge is -2.06. The third-order valence-corrected chi connectivity index (χ3v) is 2.35. The number of nitrogens with one attached hydrogen (secondary N) is 1. The smallest absolute Gasteiger partial charge is 0.342 e. The predicted octanol–water partition coefficient (Wildman–Crippen LogP) is 3.88. The molecule has 0 saturated carbocycles. The van der Waals surface area contributed by atoms with E-state index in [0.717, 1.165) is 32.1 Å². The number of carbonyl (C=O) groups is 1. The second-order valence-corrected chi connectivity index (χ2v) is 4.03. The van der Waals surface area contributed by atoms with Crippen LogP contribution in [-0.4, -0.2) is 18.6 Å². The zero-order valence-electron chi connectivity index (χ0n) is 10.4. The lowest BCUT2D eigenvalue weighted by atomic mass is 10.1. The Kier molecular flexibility index (Phi) is 8.41. The molecule has 0 aromatic rings. The minimum atomic E-state index is -4.96. The van der Waals surface area contributed by atoms with E-state index in [1.165, 1.54) is 11.4 Å². The molecule has 0 aromatic carbocycles. The Morgan fingerprint density at radius 1 is 1.17 bits per heavy atom. The Hall–Kier alpha value is -1.07. The average Bonchev–Trinajstić information content (AvgIpc) is 2.29. The summed E-state index contributed by atoms with van der Waals surface area (Å²) in [5.74, 6) is -2.85. The molecule has 0 radical (unpaired) electrons. The first-order valence-electron chi connectivity index (χ1n) is 6.07. The molecule has 0 aliphatic rings. The van der Waals surface area contributed by atoms with Crippen LogP contribution in [0.1, 0.15) is 45.4 Å². The Balaban J connectivity index is 3.69. The number of halogens is 4. The molecular formula is C12H19F4NO. The van der Waals surface area contributed by atoms with Crippen LogP contribution in [-0.2, 0) is 4.79 Å². The second-order valence-electron chi connectivity index (χ2n) is 4.03. The lowest BCUT2D eigenvalue weighted by molar-refractivity contribution is -0.173. The first kappa shape index (κ1) is 16.9. The fourth-order valence-electron chi connectivity index (χ4n) is 1.34. The van der Waals surface area contributed by atoms with Crippen molar-refractivity contribution in [3.8, 4) is 0 Å². The molecule has 6 heteroatoms. The molecule has 1 N–H and O–H groups in total. The molecule has 0 saturated heterocycles. The molecule has 0 atom stereocenters. The van der Waals surface area contributed by atoms with E-state index in [9.17, 15) is 22.4 Å². The molecule has 18 heavy (non-hydrogen) atoms. The highest BCUT2D eigenvalue weighted by Gasteiger charge is 2.38. The van der Waals surface area contributed by atoms with E-state index in [1.807, 2.05) is 0 Å². The number of carbonyl (C=O) groups excluding carboxylic acids is 1. The maximum absolute atomic E-state index is 13.0. The Morgan fingerprint density at radius 2 is 1.78 bits per heavy atom. The van der Waals surface area contributed by atoms with Crippen LogP contribution in [0.3, 0.4) is 0 Å². The summed E-state index contributed by atoms with van der Waals surface area (Å²) in [6.07, 6.45) is 1.87. The van der Waals surface area contributed by atoms with Crippen molar-refractivity contribution >= 4 is 5.91 Å². The van der Waals surface area contributed by atoms with Gasteiger partial charge in [0.15, 0.2) is 0 Å². The van der Waals surface area contributed by atoms with E-state index in [1.54, 1.807) is 0 Å². The van der Waals surface area contributed by atoms with Crippen molar-refractivity contribution in [2.45, 2.75) is 51.6 Å². The molecule has 0 aromatic heterocycles. The molecule has 0 fully saturated rings. The maximum Gasteiger partial charge on any atom is 0.471 e. The zero-order valence-corrected chi connectivity index (χ0v) is 10.4. The Bertz CT molecular complexity index is 274. The van der Waals surface area contributed by atoms with Crippen molar-refractivity contribution in [2.24, 2.45) is 0 Å². The van der Waals surface area contributed by atoms with Gasteiger partial charge in [-0.3, -0.25) is 4.79 Å². The SMILES string of the molecule is CCCCCCC/C=C(\F)CNC(=O)C(F)(F)F. The van der Waals surface area contributed by atoms with Crippen LogP contribution in [0.5, 0.6) is 0 Å². The Morgan fingerprint density at radius 3 is 2.33 bits per heavy atom. The Labute approximate surface area is 104 Å². The van der Waals surface area contributed by atoms with Crippen molar-refractivity contribution in [1.82, 2.24) is 5.32 Å².